The minimum atomic E-state index is -3.84. The van der Waals surface area contributed by atoms with Crippen LogP contribution in [0.4, 0.5) is 5.69 Å². The standard InChI is InChI=1S/C24H32BrN3O5S/c1-17(23(30)26-24(2,3)4)27(15-18-10-9-11-19(25)14-18)22(29)16-28(34(6,31)32)20-12-7-8-13-21(20)33-5/h7-14,17H,15-16H2,1-6H3,(H,26,30)/t17-/m0/s1. The highest BCUT2D eigenvalue weighted by Crippen LogP contribution is 2.29. The van der Waals surface area contributed by atoms with E-state index in [2.05, 4.69) is 21.2 Å². The van der Waals surface area contributed by atoms with E-state index in [1.165, 1.54) is 12.0 Å². The van der Waals surface area contributed by atoms with Crippen molar-refractivity contribution in [1.29, 1.82) is 0 Å². The van der Waals surface area contributed by atoms with E-state index in [9.17, 15) is 18.0 Å². The summed E-state index contributed by atoms with van der Waals surface area (Å²) in [4.78, 5) is 27.9. The summed E-state index contributed by atoms with van der Waals surface area (Å²) in [6, 6.07) is 13.1. The molecule has 2 aromatic carbocycles. The van der Waals surface area contributed by atoms with Crippen molar-refractivity contribution in [2.45, 2.75) is 45.8 Å². The van der Waals surface area contributed by atoms with Gasteiger partial charge in [0.15, 0.2) is 0 Å². The number of nitrogens with one attached hydrogen (secondary N) is 1. The summed E-state index contributed by atoms with van der Waals surface area (Å²) in [5.41, 5.74) is 0.544. The van der Waals surface area contributed by atoms with E-state index in [1.54, 1.807) is 31.2 Å². The van der Waals surface area contributed by atoms with Crippen LogP contribution in [0.15, 0.2) is 53.0 Å². The highest BCUT2D eigenvalue weighted by molar-refractivity contribution is 9.10. The number of amides is 2. The number of para-hydroxylation sites is 2. The molecule has 0 aliphatic heterocycles. The second-order valence-electron chi connectivity index (χ2n) is 9.01. The van der Waals surface area contributed by atoms with Gasteiger partial charge in [0.25, 0.3) is 0 Å². The number of benzene rings is 2. The van der Waals surface area contributed by atoms with Crippen molar-refractivity contribution in [3.8, 4) is 5.75 Å². The van der Waals surface area contributed by atoms with Crippen LogP contribution in [0.25, 0.3) is 0 Å². The lowest BCUT2D eigenvalue weighted by Gasteiger charge is -2.33. The van der Waals surface area contributed by atoms with Gasteiger partial charge >= 0.3 is 0 Å². The largest absolute Gasteiger partial charge is 0.495 e. The quantitative estimate of drug-likeness (QED) is 0.512. The molecule has 2 amide bonds. The normalized spacial score (nSPS) is 12.6. The third-order valence-corrected chi connectivity index (χ3v) is 6.56. The molecule has 0 aliphatic carbocycles. The van der Waals surface area contributed by atoms with Gasteiger partial charge in [-0.25, -0.2) is 8.42 Å². The van der Waals surface area contributed by atoms with Crippen molar-refractivity contribution in [1.82, 2.24) is 10.2 Å². The van der Waals surface area contributed by atoms with Crippen molar-refractivity contribution < 1.29 is 22.7 Å². The van der Waals surface area contributed by atoms with Crippen molar-refractivity contribution in [3.05, 3.63) is 58.6 Å². The van der Waals surface area contributed by atoms with E-state index in [1.807, 2.05) is 45.0 Å². The van der Waals surface area contributed by atoms with Crippen LogP contribution in [0, 0.1) is 0 Å². The molecule has 8 nitrogen and oxygen atoms in total. The summed E-state index contributed by atoms with van der Waals surface area (Å²) < 4.78 is 32.5. The van der Waals surface area contributed by atoms with Crippen LogP contribution in [-0.4, -0.2) is 56.6 Å². The zero-order valence-electron chi connectivity index (χ0n) is 20.3. The molecule has 34 heavy (non-hydrogen) atoms. The molecule has 0 saturated carbocycles. The monoisotopic (exact) mass is 553 g/mol. The fourth-order valence-corrected chi connectivity index (χ4v) is 4.62. The summed E-state index contributed by atoms with van der Waals surface area (Å²) in [6.07, 6.45) is 1.03. The molecule has 0 fully saturated rings. The average Bonchev–Trinajstić information content (AvgIpc) is 2.73. The van der Waals surface area contributed by atoms with E-state index in [0.29, 0.717) is 5.75 Å². The molecular weight excluding hydrogens is 522 g/mol. The Labute approximate surface area is 210 Å². The van der Waals surface area contributed by atoms with E-state index in [0.717, 1.165) is 20.6 Å². The van der Waals surface area contributed by atoms with Crippen molar-refractivity contribution >= 4 is 43.5 Å². The minimum absolute atomic E-state index is 0.126. The predicted molar refractivity (Wildman–Crippen MR) is 137 cm³/mol. The number of nitrogens with zero attached hydrogens (tertiary/aromatic N) is 2. The molecule has 2 rings (SSSR count). The Balaban J connectivity index is 2.44. The molecule has 1 atom stereocenters. The van der Waals surface area contributed by atoms with E-state index in [-0.39, 0.29) is 18.1 Å². The number of hydrogen-bond donors (Lipinski definition) is 1. The smallest absolute Gasteiger partial charge is 0.244 e. The Kier molecular flexibility index (Phi) is 9.13. The maximum absolute atomic E-state index is 13.6. The Morgan fingerprint density at radius 3 is 2.32 bits per heavy atom. The van der Waals surface area contributed by atoms with Crippen molar-refractivity contribution in [2.75, 3.05) is 24.2 Å². The summed E-state index contributed by atoms with van der Waals surface area (Å²) in [5.74, 6) is -0.537. The number of hydrogen-bond acceptors (Lipinski definition) is 5. The van der Waals surface area contributed by atoms with Crippen LogP contribution in [0.1, 0.15) is 33.3 Å². The molecule has 2 aromatic rings. The van der Waals surface area contributed by atoms with Gasteiger partial charge in [-0.15, -0.1) is 0 Å². The molecule has 10 heteroatoms. The van der Waals surface area contributed by atoms with Crippen LogP contribution >= 0.6 is 15.9 Å². The number of carbonyl (C=O) groups excluding carboxylic acids is 2. The van der Waals surface area contributed by atoms with Gasteiger partial charge in [0.1, 0.15) is 18.3 Å². The van der Waals surface area contributed by atoms with Gasteiger partial charge in [0.05, 0.1) is 19.1 Å². The SMILES string of the molecule is COc1ccccc1N(CC(=O)N(Cc1cccc(Br)c1)[C@@H](C)C(=O)NC(C)(C)C)S(C)(=O)=O. The zero-order valence-corrected chi connectivity index (χ0v) is 22.7. The summed E-state index contributed by atoms with van der Waals surface area (Å²) >= 11 is 3.42. The molecule has 0 saturated heterocycles. The maximum Gasteiger partial charge on any atom is 0.244 e. The molecule has 0 heterocycles. The second-order valence-corrected chi connectivity index (χ2v) is 11.8. The number of rotatable bonds is 9. The van der Waals surface area contributed by atoms with Gasteiger partial charge in [-0.05, 0) is 57.5 Å². The third-order valence-electron chi connectivity index (χ3n) is 4.94. The first-order valence-electron chi connectivity index (χ1n) is 10.7. The molecule has 0 unspecified atom stereocenters. The van der Waals surface area contributed by atoms with Gasteiger partial charge in [0, 0.05) is 16.6 Å². The zero-order chi connectivity index (χ0) is 25.7. The highest BCUT2D eigenvalue weighted by Gasteiger charge is 2.32. The molecule has 0 radical (unpaired) electrons. The Morgan fingerprint density at radius 2 is 1.76 bits per heavy atom. The summed E-state index contributed by atoms with van der Waals surface area (Å²) in [7, 11) is -2.41. The predicted octanol–water partition coefficient (Wildman–Crippen LogP) is 3.56. The highest BCUT2D eigenvalue weighted by atomic mass is 79.9. The molecule has 186 valence electrons. The topological polar surface area (TPSA) is 96.0 Å². The Morgan fingerprint density at radius 1 is 1.12 bits per heavy atom. The number of ether oxygens (including phenoxy) is 1. The van der Waals surface area contributed by atoms with Crippen molar-refractivity contribution in [3.63, 3.8) is 0 Å². The molecule has 0 bridgehead atoms. The van der Waals surface area contributed by atoms with Crippen LogP contribution in [0.3, 0.4) is 0 Å². The lowest BCUT2D eigenvalue weighted by atomic mass is 10.1. The third kappa shape index (κ3) is 7.73. The molecule has 0 aromatic heterocycles. The first-order valence-corrected chi connectivity index (χ1v) is 13.3. The average molecular weight is 555 g/mol. The number of methoxy groups -OCH3 is 1. The Bertz CT molecular complexity index is 1130. The number of halogens is 1. The van der Waals surface area contributed by atoms with Crippen LogP contribution < -0.4 is 14.4 Å². The van der Waals surface area contributed by atoms with Gasteiger partial charge in [-0.1, -0.05) is 40.2 Å². The molecule has 0 aliphatic rings. The second kappa shape index (κ2) is 11.2. The number of sulfonamides is 1. The molecule has 1 N–H and O–H groups in total. The van der Waals surface area contributed by atoms with Gasteiger partial charge in [-0.3, -0.25) is 13.9 Å². The first kappa shape index (κ1) is 27.7. The number of anilines is 1. The maximum atomic E-state index is 13.6. The lowest BCUT2D eigenvalue weighted by Crippen LogP contribution is -2.54. The number of carbonyl (C=O) groups is 2. The molecular formula is C24H32BrN3O5S. The van der Waals surface area contributed by atoms with Crippen LogP contribution in [-0.2, 0) is 26.2 Å². The van der Waals surface area contributed by atoms with Gasteiger partial charge in [-0.2, -0.15) is 0 Å². The van der Waals surface area contributed by atoms with Gasteiger partial charge in [0.2, 0.25) is 21.8 Å². The van der Waals surface area contributed by atoms with Crippen LogP contribution in [0.5, 0.6) is 5.75 Å². The van der Waals surface area contributed by atoms with Gasteiger partial charge < -0.3 is 15.0 Å². The fourth-order valence-electron chi connectivity index (χ4n) is 3.32. The summed E-state index contributed by atoms with van der Waals surface area (Å²) in [5, 5.41) is 2.89. The lowest BCUT2D eigenvalue weighted by molar-refractivity contribution is -0.140. The van der Waals surface area contributed by atoms with Crippen LogP contribution in [0.2, 0.25) is 0 Å². The first-order chi connectivity index (χ1) is 15.7. The Hall–Kier alpha value is -2.59. The fraction of sp³-hybridized carbons (Fsp3) is 0.417. The van der Waals surface area contributed by atoms with E-state index < -0.39 is 34.1 Å². The molecule has 0 spiro atoms. The van der Waals surface area contributed by atoms with Crippen molar-refractivity contribution in [2.24, 2.45) is 0 Å². The van der Waals surface area contributed by atoms with E-state index in [4.69, 9.17) is 4.74 Å². The van der Waals surface area contributed by atoms with E-state index >= 15 is 0 Å². The summed E-state index contributed by atoms with van der Waals surface area (Å²) in [6.45, 7) is 6.83. The minimum Gasteiger partial charge on any atom is -0.495 e.